The first-order chi connectivity index (χ1) is 14.1. The molecule has 156 valence electrons. The van der Waals surface area contributed by atoms with E-state index in [1.165, 1.54) is 11.1 Å². The van der Waals surface area contributed by atoms with Gasteiger partial charge in [-0.3, -0.25) is 4.99 Å². The van der Waals surface area contributed by atoms with Gasteiger partial charge in [0.15, 0.2) is 0 Å². The van der Waals surface area contributed by atoms with Crippen molar-refractivity contribution in [3.05, 3.63) is 77.9 Å². The minimum absolute atomic E-state index is 0.0450. The zero-order valence-electron chi connectivity index (χ0n) is 18.3. The van der Waals surface area contributed by atoms with E-state index in [9.17, 15) is 5.11 Å². The summed E-state index contributed by atoms with van der Waals surface area (Å²) in [5.41, 5.74) is 2.50. The van der Waals surface area contributed by atoms with Crippen molar-refractivity contribution in [1.29, 1.82) is 0 Å². The van der Waals surface area contributed by atoms with Gasteiger partial charge in [-0.25, -0.2) is 0 Å². The van der Waals surface area contributed by atoms with Crippen LogP contribution in [-0.2, 0) is 11.8 Å². The van der Waals surface area contributed by atoms with Crippen LogP contribution in [0.15, 0.2) is 71.7 Å². The van der Waals surface area contributed by atoms with Crippen LogP contribution in [0.1, 0.15) is 64.0 Å². The standard InChI is InChI=1S/C27H37NO/c1-4-6-12-23(3)27(18-7-5-2,25-15-11-16-26(29)22-25)19-21-28-20-17-24-13-9-8-10-14-24/h6,8-16,21-23,29H,4-5,7,17-20H2,1-3H3/b12-6-,28-21?. The Morgan fingerprint density at radius 1 is 1.07 bits per heavy atom. The lowest BCUT2D eigenvalue weighted by atomic mass is 9.65. The average molecular weight is 392 g/mol. The normalized spacial score (nSPS) is 15.0. The fourth-order valence-electron chi connectivity index (χ4n) is 4.03. The molecule has 2 aromatic rings. The molecule has 1 N–H and O–H groups in total. The minimum Gasteiger partial charge on any atom is -0.508 e. The van der Waals surface area contributed by atoms with Gasteiger partial charge in [-0.1, -0.05) is 88.2 Å². The van der Waals surface area contributed by atoms with Crippen molar-refractivity contribution in [1.82, 2.24) is 0 Å². The van der Waals surface area contributed by atoms with E-state index in [-0.39, 0.29) is 5.41 Å². The first-order valence-electron chi connectivity index (χ1n) is 11.1. The number of aromatic hydroxyl groups is 1. The van der Waals surface area contributed by atoms with Gasteiger partial charge in [0, 0.05) is 12.0 Å². The van der Waals surface area contributed by atoms with Crippen molar-refractivity contribution >= 4 is 6.21 Å². The third-order valence-electron chi connectivity index (χ3n) is 5.89. The summed E-state index contributed by atoms with van der Waals surface area (Å²) in [5.74, 6) is 0.715. The topological polar surface area (TPSA) is 32.6 Å². The number of phenolic OH excluding ortho intramolecular Hbond substituents is 1. The van der Waals surface area contributed by atoms with E-state index in [1.807, 2.05) is 12.1 Å². The van der Waals surface area contributed by atoms with E-state index in [0.29, 0.717) is 11.7 Å². The van der Waals surface area contributed by atoms with Crippen molar-refractivity contribution < 1.29 is 5.11 Å². The Bertz CT molecular complexity index is 765. The molecule has 0 aliphatic rings. The molecule has 0 saturated carbocycles. The molecule has 0 aliphatic heterocycles. The van der Waals surface area contributed by atoms with Crippen molar-refractivity contribution in [3.8, 4) is 5.75 Å². The van der Waals surface area contributed by atoms with E-state index < -0.39 is 0 Å². The molecule has 2 aromatic carbocycles. The molecule has 0 aromatic heterocycles. The summed E-state index contributed by atoms with van der Waals surface area (Å²) in [6.07, 6.45) is 13.0. The largest absolute Gasteiger partial charge is 0.508 e. The molecule has 2 atom stereocenters. The van der Waals surface area contributed by atoms with Gasteiger partial charge in [-0.05, 0) is 61.1 Å². The van der Waals surface area contributed by atoms with Crippen LogP contribution in [0.5, 0.6) is 5.75 Å². The van der Waals surface area contributed by atoms with E-state index in [1.54, 1.807) is 6.07 Å². The van der Waals surface area contributed by atoms with Gasteiger partial charge in [0.1, 0.15) is 5.75 Å². The summed E-state index contributed by atoms with van der Waals surface area (Å²) in [6.45, 7) is 7.54. The summed E-state index contributed by atoms with van der Waals surface area (Å²) in [6, 6.07) is 18.4. The Morgan fingerprint density at radius 2 is 1.86 bits per heavy atom. The maximum absolute atomic E-state index is 10.1. The molecule has 29 heavy (non-hydrogen) atoms. The zero-order chi connectivity index (χ0) is 21.0. The highest BCUT2D eigenvalue weighted by Crippen LogP contribution is 2.42. The van der Waals surface area contributed by atoms with E-state index >= 15 is 0 Å². The highest BCUT2D eigenvalue weighted by Gasteiger charge is 2.35. The van der Waals surface area contributed by atoms with E-state index in [0.717, 1.165) is 45.1 Å². The second-order valence-electron chi connectivity index (χ2n) is 7.96. The molecule has 0 heterocycles. The third kappa shape index (κ3) is 6.88. The summed E-state index contributed by atoms with van der Waals surface area (Å²) >= 11 is 0. The zero-order valence-corrected chi connectivity index (χ0v) is 18.3. The van der Waals surface area contributed by atoms with Crippen LogP contribution in [0.3, 0.4) is 0 Å². The smallest absolute Gasteiger partial charge is 0.115 e. The maximum Gasteiger partial charge on any atom is 0.115 e. The van der Waals surface area contributed by atoms with Crippen LogP contribution in [0.2, 0.25) is 0 Å². The van der Waals surface area contributed by atoms with Crippen molar-refractivity contribution in [3.63, 3.8) is 0 Å². The SMILES string of the molecule is CC/C=C\C(C)C(CC=NCCc1ccccc1)(CCCC)c1cccc(O)c1. The van der Waals surface area contributed by atoms with Gasteiger partial charge in [0.2, 0.25) is 0 Å². The molecule has 2 nitrogen and oxygen atoms in total. The highest BCUT2D eigenvalue weighted by atomic mass is 16.3. The number of benzene rings is 2. The molecule has 0 spiro atoms. The fraction of sp³-hybridized carbons (Fsp3) is 0.444. The first kappa shape index (κ1) is 22.9. The molecule has 2 heteroatoms. The van der Waals surface area contributed by atoms with Crippen molar-refractivity contribution in [2.45, 2.75) is 64.7 Å². The van der Waals surface area contributed by atoms with Gasteiger partial charge in [-0.2, -0.15) is 0 Å². The monoisotopic (exact) mass is 391 g/mol. The predicted octanol–water partition coefficient (Wildman–Crippen LogP) is 7.13. The number of phenols is 1. The van der Waals surface area contributed by atoms with Gasteiger partial charge in [-0.15, -0.1) is 0 Å². The van der Waals surface area contributed by atoms with Crippen LogP contribution in [0, 0.1) is 5.92 Å². The Labute approximate surface area is 177 Å². The molecular weight excluding hydrogens is 354 g/mol. The maximum atomic E-state index is 10.1. The molecule has 0 radical (unpaired) electrons. The number of allylic oxidation sites excluding steroid dienone is 2. The third-order valence-corrected chi connectivity index (χ3v) is 5.89. The van der Waals surface area contributed by atoms with Crippen molar-refractivity contribution in [2.24, 2.45) is 10.9 Å². The molecule has 0 aliphatic carbocycles. The quantitative estimate of drug-likeness (QED) is 0.303. The van der Waals surface area contributed by atoms with Crippen LogP contribution < -0.4 is 0 Å². The van der Waals surface area contributed by atoms with Gasteiger partial charge in [0.05, 0.1) is 0 Å². The fourth-order valence-corrected chi connectivity index (χ4v) is 4.03. The molecular formula is C27H37NO. The van der Waals surface area contributed by atoms with Gasteiger partial charge < -0.3 is 5.11 Å². The molecule has 0 saturated heterocycles. The lowest BCUT2D eigenvalue weighted by Gasteiger charge is -2.38. The molecule has 2 rings (SSSR count). The Morgan fingerprint density at radius 3 is 2.55 bits per heavy atom. The first-order valence-corrected chi connectivity index (χ1v) is 11.1. The molecule has 0 amide bonds. The van der Waals surface area contributed by atoms with Crippen LogP contribution >= 0.6 is 0 Å². The second kappa shape index (κ2) is 12.3. The minimum atomic E-state index is -0.0450. The molecule has 0 bridgehead atoms. The van der Waals surface area contributed by atoms with Crippen LogP contribution in [0.25, 0.3) is 0 Å². The lowest BCUT2D eigenvalue weighted by Crippen LogP contribution is -2.33. The summed E-state index contributed by atoms with van der Waals surface area (Å²) in [7, 11) is 0. The van der Waals surface area contributed by atoms with E-state index in [2.05, 4.69) is 75.5 Å². The number of hydrogen-bond acceptors (Lipinski definition) is 2. The number of hydrogen-bond donors (Lipinski definition) is 1. The van der Waals surface area contributed by atoms with Crippen LogP contribution in [-0.4, -0.2) is 17.9 Å². The number of aliphatic imine (C=N–C) groups is 1. The lowest BCUT2D eigenvalue weighted by molar-refractivity contribution is 0.312. The molecule has 0 fully saturated rings. The Balaban J connectivity index is 2.23. The summed E-state index contributed by atoms with van der Waals surface area (Å²) in [5, 5.41) is 10.1. The summed E-state index contributed by atoms with van der Waals surface area (Å²) < 4.78 is 0. The number of nitrogens with zero attached hydrogens (tertiary/aromatic N) is 1. The van der Waals surface area contributed by atoms with Crippen molar-refractivity contribution in [2.75, 3.05) is 6.54 Å². The number of unbranched alkanes of at least 4 members (excludes halogenated alkanes) is 1. The predicted molar refractivity (Wildman–Crippen MR) is 126 cm³/mol. The van der Waals surface area contributed by atoms with Crippen LogP contribution in [0.4, 0.5) is 0 Å². The Hall–Kier alpha value is -2.35. The molecule has 2 unspecified atom stereocenters. The van der Waals surface area contributed by atoms with Gasteiger partial charge >= 0.3 is 0 Å². The van der Waals surface area contributed by atoms with E-state index in [4.69, 9.17) is 4.99 Å². The Kier molecular flexibility index (Phi) is 9.70. The number of rotatable bonds is 12. The second-order valence-corrected chi connectivity index (χ2v) is 7.96. The summed E-state index contributed by atoms with van der Waals surface area (Å²) in [4.78, 5) is 4.76. The van der Waals surface area contributed by atoms with Gasteiger partial charge in [0.25, 0.3) is 0 Å². The highest BCUT2D eigenvalue weighted by molar-refractivity contribution is 5.61. The average Bonchev–Trinajstić information content (AvgIpc) is 2.74.